The van der Waals surface area contributed by atoms with Crippen LogP contribution in [-0.2, 0) is 11.4 Å². The lowest BCUT2D eigenvalue weighted by atomic mass is 10.1. The molecule has 0 unspecified atom stereocenters. The lowest BCUT2D eigenvalue weighted by Gasteiger charge is -2.14. The van der Waals surface area contributed by atoms with Gasteiger partial charge in [-0.1, -0.05) is 48.5 Å². The van der Waals surface area contributed by atoms with Crippen LogP contribution in [0.15, 0.2) is 82.8 Å². The van der Waals surface area contributed by atoms with Crippen LogP contribution in [0.3, 0.4) is 0 Å². The van der Waals surface area contributed by atoms with Crippen molar-refractivity contribution in [1.82, 2.24) is 0 Å². The molecule has 0 saturated carbocycles. The first-order chi connectivity index (χ1) is 14.6. The topological polar surface area (TPSA) is 71.3 Å². The molecule has 0 bridgehead atoms. The Morgan fingerprint density at radius 2 is 1.77 bits per heavy atom. The summed E-state index contributed by atoms with van der Waals surface area (Å²) in [5, 5.41) is 12.2. The van der Waals surface area contributed by atoms with Crippen LogP contribution in [0.25, 0.3) is 6.08 Å². The summed E-state index contributed by atoms with van der Waals surface area (Å²) in [6.45, 7) is 0.383. The van der Waals surface area contributed by atoms with E-state index in [0.29, 0.717) is 33.8 Å². The smallest absolute Gasteiger partial charge is 0.266 e. The molecule has 6 heteroatoms. The lowest BCUT2D eigenvalue weighted by Crippen LogP contribution is -2.13. The number of nitrogens with one attached hydrogen (secondary N) is 1. The minimum atomic E-state index is -0.483. The van der Waals surface area contributed by atoms with Gasteiger partial charge in [0, 0.05) is 5.69 Å². The molecule has 0 radical (unpaired) electrons. The number of nitrogens with zero attached hydrogens (tertiary/aromatic N) is 1. The van der Waals surface area contributed by atoms with E-state index < -0.39 is 5.91 Å². The van der Waals surface area contributed by atoms with Gasteiger partial charge in [-0.3, -0.25) is 4.79 Å². The van der Waals surface area contributed by atoms with E-state index >= 15 is 0 Å². The standard InChI is InChI=1S/C24H19BrN2O3/c1-29-22-14-18(12-19(15-26)24(28)27-20-10-6-3-7-11-20)13-21(25)23(22)30-16-17-8-4-2-5-9-17/h2-14H,16H2,1H3,(H,27,28)/b19-12-. The highest BCUT2D eigenvalue weighted by atomic mass is 79.9. The van der Waals surface area contributed by atoms with Crippen molar-refractivity contribution >= 4 is 33.6 Å². The van der Waals surface area contributed by atoms with E-state index in [9.17, 15) is 10.1 Å². The average Bonchev–Trinajstić information content (AvgIpc) is 2.77. The third-order valence-electron chi connectivity index (χ3n) is 4.19. The molecular formula is C24H19BrN2O3. The second-order valence-corrected chi connectivity index (χ2v) is 7.15. The minimum Gasteiger partial charge on any atom is -0.493 e. The Morgan fingerprint density at radius 3 is 2.40 bits per heavy atom. The average molecular weight is 463 g/mol. The minimum absolute atomic E-state index is 0.0224. The number of nitriles is 1. The highest BCUT2D eigenvalue weighted by molar-refractivity contribution is 9.10. The fraction of sp³-hybridized carbons (Fsp3) is 0.0833. The molecule has 0 heterocycles. The van der Waals surface area contributed by atoms with Crippen LogP contribution in [-0.4, -0.2) is 13.0 Å². The largest absolute Gasteiger partial charge is 0.493 e. The number of para-hydroxylation sites is 1. The number of hydrogen-bond donors (Lipinski definition) is 1. The summed E-state index contributed by atoms with van der Waals surface area (Å²) in [5.74, 6) is 0.557. The van der Waals surface area contributed by atoms with Gasteiger partial charge in [-0.05, 0) is 57.4 Å². The molecule has 0 spiro atoms. The number of carbonyl (C=O) groups is 1. The van der Waals surface area contributed by atoms with Crippen LogP contribution in [0.4, 0.5) is 5.69 Å². The molecule has 3 rings (SSSR count). The van der Waals surface area contributed by atoms with Gasteiger partial charge in [0.1, 0.15) is 18.2 Å². The van der Waals surface area contributed by atoms with Crippen LogP contribution in [0.2, 0.25) is 0 Å². The molecular weight excluding hydrogens is 444 g/mol. The Labute approximate surface area is 183 Å². The van der Waals surface area contributed by atoms with Gasteiger partial charge in [0.05, 0.1) is 11.6 Å². The van der Waals surface area contributed by atoms with Crippen molar-refractivity contribution in [3.63, 3.8) is 0 Å². The Balaban J connectivity index is 1.82. The van der Waals surface area contributed by atoms with Crippen molar-refractivity contribution in [2.24, 2.45) is 0 Å². The van der Waals surface area contributed by atoms with E-state index in [1.54, 1.807) is 24.3 Å². The number of ether oxygens (including phenoxy) is 2. The fourth-order valence-corrected chi connectivity index (χ4v) is 3.30. The molecule has 0 aliphatic heterocycles. The van der Waals surface area contributed by atoms with Gasteiger partial charge in [-0.2, -0.15) is 5.26 Å². The maximum Gasteiger partial charge on any atom is 0.266 e. The van der Waals surface area contributed by atoms with Gasteiger partial charge in [0.15, 0.2) is 11.5 Å². The first-order valence-electron chi connectivity index (χ1n) is 9.13. The van der Waals surface area contributed by atoms with E-state index in [-0.39, 0.29) is 5.57 Å². The molecule has 0 fully saturated rings. The third-order valence-corrected chi connectivity index (χ3v) is 4.77. The number of methoxy groups -OCH3 is 1. The summed E-state index contributed by atoms with van der Waals surface area (Å²) in [6, 6.07) is 24.2. The first kappa shape index (κ1) is 21.2. The van der Waals surface area contributed by atoms with E-state index in [1.807, 2.05) is 54.6 Å². The van der Waals surface area contributed by atoms with Crippen LogP contribution in [0, 0.1) is 11.3 Å². The Hall–Kier alpha value is -3.56. The summed E-state index contributed by atoms with van der Waals surface area (Å²) in [7, 11) is 1.54. The van der Waals surface area contributed by atoms with Gasteiger partial charge < -0.3 is 14.8 Å². The number of anilines is 1. The second-order valence-electron chi connectivity index (χ2n) is 6.30. The molecule has 30 heavy (non-hydrogen) atoms. The van der Waals surface area contributed by atoms with E-state index in [1.165, 1.54) is 13.2 Å². The number of amides is 1. The molecule has 0 aliphatic rings. The molecule has 0 saturated heterocycles. The molecule has 3 aromatic carbocycles. The van der Waals surface area contributed by atoms with Crippen molar-refractivity contribution in [3.05, 3.63) is 94.0 Å². The summed E-state index contributed by atoms with van der Waals surface area (Å²) < 4.78 is 12.0. The van der Waals surface area contributed by atoms with E-state index in [4.69, 9.17) is 9.47 Å². The zero-order chi connectivity index (χ0) is 21.3. The number of benzene rings is 3. The molecule has 3 aromatic rings. The SMILES string of the molecule is COc1cc(/C=C(/C#N)C(=O)Nc2ccccc2)cc(Br)c1OCc1ccccc1. The summed E-state index contributed by atoms with van der Waals surface area (Å²) in [4.78, 5) is 12.4. The maximum absolute atomic E-state index is 12.4. The molecule has 1 N–H and O–H groups in total. The Morgan fingerprint density at radius 1 is 1.10 bits per heavy atom. The quantitative estimate of drug-likeness (QED) is 0.367. The molecule has 0 atom stereocenters. The summed E-state index contributed by atoms with van der Waals surface area (Å²) in [6.07, 6.45) is 1.51. The molecule has 150 valence electrons. The van der Waals surface area contributed by atoms with Crippen LogP contribution in [0.1, 0.15) is 11.1 Å². The van der Waals surface area contributed by atoms with Gasteiger partial charge >= 0.3 is 0 Å². The van der Waals surface area contributed by atoms with Crippen LogP contribution >= 0.6 is 15.9 Å². The third kappa shape index (κ3) is 5.49. The van der Waals surface area contributed by atoms with Crippen molar-refractivity contribution in [3.8, 4) is 17.6 Å². The maximum atomic E-state index is 12.4. The molecule has 0 aromatic heterocycles. The van der Waals surface area contributed by atoms with Crippen molar-refractivity contribution < 1.29 is 14.3 Å². The predicted molar refractivity (Wildman–Crippen MR) is 120 cm³/mol. The van der Waals surface area contributed by atoms with Gasteiger partial charge in [0.25, 0.3) is 5.91 Å². The van der Waals surface area contributed by atoms with Crippen LogP contribution < -0.4 is 14.8 Å². The monoisotopic (exact) mass is 462 g/mol. The summed E-state index contributed by atoms with van der Waals surface area (Å²) >= 11 is 3.50. The molecule has 1 amide bonds. The fourth-order valence-electron chi connectivity index (χ4n) is 2.73. The number of halogens is 1. The number of rotatable bonds is 7. The van der Waals surface area contributed by atoms with Crippen molar-refractivity contribution in [1.29, 1.82) is 5.26 Å². The zero-order valence-electron chi connectivity index (χ0n) is 16.3. The zero-order valence-corrected chi connectivity index (χ0v) is 17.8. The number of carbonyl (C=O) groups excluding carboxylic acids is 1. The lowest BCUT2D eigenvalue weighted by molar-refractivity contribution is -0.112. The van der Waals surface area contributed by atoms with Gasteiger partial charge in [-0.15, -0.1) is 0 Å². The Kier molecular flexibility index (Phi) is 7.25. The highest BCUT2D eigenvalue weighted by Gasteiger charge is 2.14. The Bertz CT molecular complexity index is 1090. The van der Waals surface area contributed by atoms with Gasteiger partial charge in [-0.25, -0.2) is 0 Å². The van der Waals surface area contributed by atoms with E-state index in [0.717, 1.165) is 5.56 Å². The first-order valence-corrected chi connectivity index (χ1v) is 9.92. The van der Waals surface area contributed by atoms with Crippen molar-refractivity contribution in [2.45, 2.75) is 6.61 Å². The second kappa shape index (κ2) is 10.3. The van der Waals surface area contributed by atoms with Crippen LogP contribution in [0.5, 0.6) is 11.5 Å². The normalized spacial score (nSPS) is 10.8. The van der Waals surface area contributed by atoms with Gasteiger partial charge in [0.2, 0.25) is 0 Å². The van der Waals surface area contributed by atoms with Crippen molar-refractivity contribution in [2.75, 3.05) is 12.4 Å². The summed E-state index contributed by atoms with van der Waals surface area (Å²) in [5.41, 5.74) is 2.25. The molecule has 0 aliphatic carbocycles. The number of hydrogen-bond acceptors (Lipinski definition) is 4. The predicted octanol–water partition coefficient (Wildman–Crippen LogP) is 5.58. The van der Waals surface area contributed by atoms with E-state index in [2.05, 4.69) is 21.2 Å². The highest BCUT2D eigenvalue weighted by Crippen LogP contribution is 2.37. The molecule has 5 nitrogen and oxygen atoms in total.